The van der Waals surface area contributed by atoms with Crippen LogP contribution in [0.4, 0.5) is 18.9 Å². The lowest BCUT2D eigenvalue weighted by molar-refractivity contribution is -0.274. The first-order valence-corrected chi connectivity index (χ1v) is 6.00. The van der Waals surface area contributed by atoms with Crippen molar-refractivity contribution >= 4 is 28.9 Å². The molecule has 0 bridgehead atoms. The molecular formula is C12H6Cl2F3N3O. The molecule has 0 aliphatic heterocycles. The maximum Gasteiger partial charge on any atom is 0.573 e. The number of hydrogen-bond acceptors (Lipinski definition) is 4. The molecule has 1 N–H and O–H groups in total. The molecule has 0 amide bonds. The number of allylic oxidation sites excluding steroid dienone is 1. The zero-order chi connectivity index (χ0) is 16.0. The lowest BCUT2D eigenvalue weighted by Gasteiger charge is -2.12. The van der Waals surface area contributed by atoms with E-state index < -0.39 is 12.1 Å². The number of hydrogen-bond donors (Lipinski definition) is 1. The molecule has 1 aromatic carbocycles. The Bertz CT molecular complexity index is 622. The lowest BCUT2D eigenvalue weighted by atomic mass is 10.2. The zero-order valence-electron chi connectivity index (χ0n) is 10.1. The van der Waals surface area contributed by atoms with Crippen LogP contribution in [0, 0.1) is 22.7 Å². The van der Waals surface area contributed by atoms with E-state index in [2.05, 4.69) is 10.1 Å². The van der Waals surface area contributed by atoms with Crippen LogP contribution in [0.15, 0.2) is 23.9 Å². The van der Waals surface area contributed by atoms with E-state index in [4.69, 9.17) is 33.7 Å². The van der Waals surface area contributed by atoms with Crippen molar-refractivity contribution in [1.82, 2.24) is 0 Å². The predicted octanol–water partition coefficient (Wildman–Crippen LogP) is 4.63. The van der Waals surface area contributed by atoms with E-state index in [1.807, 2.05) is 0 Å². The standard InChI is InChI=1S/C12H6Cl2F3N3O/c13-9-3-8(21-12(15,16)17)4-10(14)11(9)20-6-7(5-19)1-2-18/h3-4,6,20H,1H2. The molecule has 9 heteroatoms. The molecule has 0 aliphatic carbocycles. The third kappa shape index (κ3) is 5.42. The first-order valence-electron chi connectivity index (χ1n) is 5.24. The van der Waals surface area contributed by atoms with Gasteiger partial charge in [0.25, 0.3) is 0 Å². The van der Waals surface area contributed by atoms with Crippen LogP contribution in [0.2, 0.25) is 10.0 Å². The van der Waals surface area contributed by atoms with Crippen LogP contribution in [-0.4, -0.2) is 6.36 Å². The highest BCUT2D eigenvalue weighted by atomic mass is 35.5. The van der Waals surface area contributed by atoms with E-state index in [0.29, 0.717) is 0 Å². The van der Waals surface area contributed by atoms with Crippen molar-refractivity contribution < 1.29 is 17.9 Å². The molecule has 0 spiro atoms. The first-order chi connectivity index (χ1) is 9.76. The number of ether oxygens (including phenoxy) is 1. The van der Waals surface area contributed by atoms with Gasteiger partial charge in [0, 0.05) is 18.3 Å². The summed E-state index contributed by atoms with van der Waals surface area (Å²) in [7, 11) is 0. The summed E-state index contributed by atoms with van der Waals surface area (Å²) in [6.45, 7) is 0. The van der Waals surface area contributed by atoms with Crippen LogP contribution < -0.4 is 10.1 Å². The molecular weight excluding hydrogens is 330 g/mol. The number of alkyl halides is 3. The summed E-state index contributed by atoms with van der Waals surface area (Å²) >= 11 is 11.6. The van der Waals surface area contributed by atoms with E-state index >= 15 is 0 Å². The van der Waals surface area contributed by atoms with Crippen LogP contribution >= 0.6 is 23.2 Å². The molecule has 0 radical (unpaired) electrons. The second-order valence-electron chi connectivity index (χ2n) is 3.57. The zero-order valence-corrected chi connectivity index (χ0v) is 11.6. The van der Waals surface area contributed by atoms with Crippen molar-refractivity contribution in [3.05, 3.63) is 34.0 Å². The van der Waals surface area contributed by atoms with Gasteiger partial charge in [-0.2, -0.15) is 10.5 Å². The van der Waals surface area contributed by atoms with Gasteiger partial charge in [0.1, 0.15) is 5.75 Å². The van der Waals surface area contributed by atoms with Gasteiger partial charge >= 0.3 is 6.36 Å². The molecule has 0 fully saturated rings. The fourth-order valence-electron chi connectivity index (χ4n) is 1.25. The van der Waals surface area contributed by atoms with Gasteiger partial charge in [-0.15, -0.1) is 13.2 Å². The summed E-state index contributed by atoms with van der Waals surface area (Å²) in [5.41, 5.74) is 0.207. The number of nitrogens with one attached hydrogen (secondary N) is 1. The average Bonchev–Trinajstić information content (AvgIpc) is 2.34. The lowest BCUT2D eigenvalue weighted by Crippen LogP contribution is -2.17. The summed E-state index contributed by atoms with van der Waals surface area (Å²) < 4.78 is 40.0. The molecule has 0 aromatic heterocycles. The van der Waals surface area contributed by atoms with Crippen molar-refractivity contribution in [2.45, 2.75) is 12.8 Å². The second kappa shape index (κ2) is 7.07. The number of rotatable bonds is 4. The van der Waals surface area contributed by atoms with Crippen molar-refractivity contribution in [1.29, 1.82) is 10.5 Å². The van der Waals surface area contributed by atoms with E-state index in [1.165, 1.54) is 6.20 Å². The molecule has 0 heterocycles. The minimum atomic E-state index is -4.86. The van der Waals surface area contributed by atoms with Gasteiger partial charge in [-0.25, -0.2) is 0 Å². The largest absolute Gasteiger partial charge is 0.573 e. The van der Waals surface area contributed by atoms with Crippen molar-refractivity contribution in [3.63, 3.8) is 0 Å². The van der Waals surface area contributed by atoms with Crippen LogP contribution in [-0.2, 0) is 0 Å². The Morgan fingerprint density at radius 3 is 2.29 bits per heavy atom. The van der Waals surface area contributed by atoms with Crippen molar-refractivity contribution in [3.8, 4) is 17.9 Å². The highest BCUT2D eigenvalue weighted by Crippen LogP contribution is 2.36. The van der Waals surface area contributed by atoms with Gasteiger partial charge < -0.3 is 10.1 Å². The highest BCUT2D eigenvalue weighted by molar-refractivity contribution is 6.39. The second-order valence-corrected chi connectivity index (χ2v) is 4.38. The number of halogens is 5. The monoisotopic (exact) mass is 335 g/mol. The summed E-state index contributed by atoms with van der Waals surface area (Å²) in [6, 6.07) is 5.40. The fraction of sp³-hybridized carbons (Fsp3) is 0.167. The van der Waals surface area contributed by atoms with Crippen LogP contribution in [0.3, 0.4) is 0 Å². The van der Waals surface area contributed by atoms with Gasteiger partial charge in [0.15, 0.2) is 0 Å². The molecule has 0 saturated carbocycles. The van der Waals surface area contributed by atoms with Crippen LogP contribution in [0.25, 0.3) is 0 Å². The molecule has 1 rings (SSSR count). The number of anilines is 1. The molecule has 0 saturated heterocycles. The highest BCUT2D eigenvalue weighted by Gasteiger charge is 2.31. The Hall–Kier alpha value is -2.09. The van der Waals surface area contributed by atoms with Gasteiger partial charge in [-0.1, -0.05) is 23.2 Å². The molecule has 0 atom stereocenters. The third-order valence-electron chi connectivity index (χ3n) is 2.05. The maximum atomic E-state index is 12.1. The summed E-state index contributed by atoms with van der Waals surface area (Å²) in [5, 5.41) is 19.5. The SMILES string of the molecule is N#CCC(C#N)=CNc1c(Cl)cc(OC(F)(F)F)cc1Cl. The topological polar surface area (TPSA) is 68.8 Å². The summed E-state index contributed by atoms with van der Waals surface area (Å²) in [4.78, 5) is 0. The smallest absolute Gasteiger partial charge is 0.406 e. The van der Waals surface area contributed by atoms with Crippen molar-refractivity contribution in [2.75, 3.05) is 5.32 Å². The molecule has 0 aliphatic rings. The molecule has 0 unspecified atom stereocenters. The van der Waals surface area contributed by atoms with Gasteiger partial charge in [-0.3, -0.25) is 0 Å². The van der Waals surface area contributed by atoms with Gasteiger partial charge in [-0.05, 0) is 0 Å². The summed E-state index contributed by atoms with van der Waals surface area (Å²) in [5.74, 6) is -0.565. The van der Waals surface area contributed by atoms with Gasteiger partial charge in [0.2, 0.25) is 0 Å². The number of benzene rings is 1. The van der Waals surface area contributed by atoms with Gasteiger partial charge in [0.05, 0.1) is 39.9 Å². The number of nitrogens with zero attached hydrogens (tertiary/aromatic N) is 2. The predicted molar refractivity (Wildman–Crippen MR) is 70.7 cm³/mol. The molecule has 110 valence electrons. The van der Waals surface area contributed by atoms with E-state index in [-0.39, 0.29) is 27.7 Å². The Morgan fingerprint density at radius 1 is 1.29 bits per heavy atom. The minimum Gasteiger partial charge on any atom is -0.406 e. The van der Waals surface area contributed by atoms with Crippen molar-refractivity contribution in [2.24, 2.45) is 0 Å². The quantitative estimate of drug-likeness (QED) is 0.814. The van der Waals surface area contributed by atoms with Crippen LogP contribution in [0.5, 0.6) is 5.75 Å². The fourth-order valence-corrected chi connectivity index (χ4v) is 1.82. The summed E-state index contributed by atoms with van der Waals surface area (Å²) in [6.07, 6.45) is -3.79. The Balaban J connectivity index is 3.01. The Kier molecular flexibility index (Phi) is 5.71. The van der Waals surface area contributed by atoms with E-state index in [0.717, 1.165) is 12.1 Å². The Labute approximate surface area is 127 Å². The number of nitriles is 2. The minimum absolute atomic E-state index is 0.0959. The van der Waals surface area contributed by atoms with Crippen LogP contribution in [0.1, 0.15) is 6.42 Å². The first kappa shape index (κ1) is 17.0. The molecule has 4 nitrogen and oxygen atoms in total. The normalized spacial score (nSPS) is 11.5. The van der Waals surface area contributed by atoms with E-state index in [1.54, 1.807) is 12.1 Å². The average molecular weight is 336 g/mol. The maximum absolute atomic E-state index is 12.1. The molecule has 1 aromatic rings. The third-order valence-corrected chi connectivity index (χ3v) is 2.65. The Morgan fingerprint density at radius 2 is 1.86 bits per heavy atom. The van der Waals surface area contributed by atoms with E-state index in [9.17, 15) is 13.2 Å². The molecule has 21 heavy (non-hydrogen) atoms.